The molecular formula is C14H16F2N4O2. The molecule has 22 heavy (non-hydrogen) atoms. The normalized spacial score (nSPS) is 16.5. The lowest BCUT2D eigenvalue weighted by Gasteiger charge is -2.22. The van der Waals surface area contributed by atoms with Gasteiger partial charge < -0.3 is 14.8 Å². The topological polar surface area (TPSA) is 72.1 Å². The zero-order valence-electron chi connectivity index (χ0n) is 11.8. The minimum atomic E-state index is -3.58. The second kappa shape index (κ2) is 6.27. The Balaban J connectivity index is 1.66. The van der Waals surface area contributed by atoms with E-state index in [1.54, 1.807) is 18.2 Å². The van der Waals surface area contributed by atoms with Gasteiger partial charge in [0.2, 0.25) is 11.8 Å². The van der Waals surface area contributed by atoms with Crippen LogP contribution in [-0.2, 0) is 10.8 Å². The van der Waals surface area contributed by atoms with E-state index in [1.165, 1.54) is 12.1 Å². The van der Waals surface area contributed by atoms with Gasteiger partial charge in [0.25, 0.3) is 0 Å². The molecule has 0 spiro atoms. The maximum absolute atomic E-state index is 14.0. The third kappa shape index (κ3) is 3.51. The molecule has 1 saturated heterocycles. The highest BCUT2D eigenvalue weighted by Crippen LogP contribution is 2.29. The Morgan fingerprint density at radius 3 is 2.68 bits per heavy atom. The molecule has 1 fully saturated rings. The summed E-state index contributed by atoms with van der Waals surface area (Å²) in [4.78, 5) is 3.78. The van der Waals surface area contributed by atoms with Crippen LogP contribution in [0.15, 0.2) is 30.3 Å². The molecule has 0 saturated carbocycles. The number of rotatable bonds is 5. The van der Waals surface area contributed by atoms with Gasteiger partial charge in [-0.05, 0) is 25.0 Å². The third-order valence-electron chi connectivity index (χ3n) is 3.30. The Kier molecular flexibility index (Phi) is 4.19. The Morgan fingerprint density at radius 2 is 1.95 bits per heavy atom. The summed E-state index contributed by atoms with van der Waals surface area (Å²) in [7, 11) is 0. The van der Waals surface area contributed by atoms with Crippen molar-refractivity contribution >= 4 is 5.95 Å². The van der Waals surface area contributed by atoms with Gasteiger partial charge >= 0.3 is 6.11 Å². The van der Waals surface area contributed by atoms with E-state index in [4.69, 9.17) is 4.74 Å². The third-order valence-corrected chi connectivity index (χ3v) is 3.30. The lowest BCUT2D eigenvalue weighted by Crippen LogP contribution is -2.28. The first-order chi connectivity index (χ1) is 10.6. The van der Waals surface area contributed by atoms with Crippen molar-refractivity contribution in [2.45, 2.75) is 25.0 Å². The number of halogens is 2. The van der Waals surface area contributed by atoms with Crippen LogP contribution in [0, 0.1) is 0 Å². The summed E-state index contributed by atoms with van der Waals surface area (Å²) in [5, 5.41) is 9.01. The summed E-state index contributed by atoms with van der Waals surface area (Å²) in [6.45, 7) is 1.28. The molecule has 2 N–H and O–H groups in total. The largest absolute Gasteiger partial charge is 0.462 e. The Labute approximate surface area is 125 Å². The van der Waals surface area contributed by atoms with E-state index in [1.807, 2.05) is 0 Å². The molecule has 0 unspecified atom stereocenters. The quantitative estimate of drug-likeness (QED) is 0.888. The Hall–Kier alpha value is -2.22. The van der Waals surface area contributed by atoms with Gasteiger partial charge in [0.05, 0.1) is 0 Å². The second-order valence-corrected chi connectivity index (χ2v) is 4.97. The van der Waals surface area contributed by atoms with Crippen molar-refractivity contribution in [1.29, 1.82) is 0 Å². The predicted octanol–water partition coefficient (Wildman–Crippen LogP) is 2.52. The fourth-order valence-electron chi connectivity index (χ4n) is 2.17. The van der Waals surface area contributed by atoms with Crippen LogP contribution in [0.5, 0.6) is 5.75 Å². The molecule has 0 radical (unpaired) electrons. The smallest absolute Gasteiger partial charge is 0.427 e. The van der Waals surface area contributed by atoms with Gasteiger partial charge in [0, 0.05) is 19.3 Å². The molecule has 1 aliphatic rings. The monoisotopic (exact) mass is 310 g/mol. The number of nitrogens with one attached hydrogen (secondary N) is 2. The average molecular weight is 310 g/mol. The molecule has 6 nitrogen and oxygen atoms in total. The van der Waals surface area contributed by atoms with Crippen molar-refractivity contribution in [3.05, 3.63) is 36.2 Å². The van der Waals surface area contributed by atoms with Crippen LogP contribution in [0.2, 0.25) is 0 Å². The van der Waals surface area contributed by atoms with Crippen LogP contribution in [0.4, 0.5) is 14.7 Å². The van der Waals surface area contributed by atoms with E-state index < -0.39 is 11.9 Å². The highest BCUT2D eigenvalue weighted by molar-refractivity contribution is 5.26. The first-order valence-electron chi connectivity index (χ1n) is 7.02. The molecule has 2 heterocycles. The summed E-state index contributed by atoms with van der Waals surface area (Å²) in [5.41, 5.74) is 0. The number of nitrogens with zero attached hydrogens (tertiary/aromatic N) is 2. The number of aromatic amines is 1. The zero-order chi connectivity index (χ0) is 15.4. The molecule has 0 atom stereocenters. The first-order valence-corrected chi connectivity index (χ1v) is 7.02. The fourth-order valence-corrected chi connectivity index (χ4v) is 2.17. The maximum atomic E-state index is 14.0. The van der Waals surface area contributed by atoms with Crippen molar-refractivity contribution in [3.8, 4) is 5.75 Å². The van der Waals surface area contributed by atoms with Crippen LogP contribution in [-0.4, -0.2) is 34.4 Å². The molecule has 0 bridgehead atoms. The summed E-state index contributed by atoms with van der Waals surface area (Å²) in [6.07, 6.45) is -1.99. The molecule has 1 aliphatic heterocycles. The van der Waals surface area contributed by atoms with Crippen LogP contribution in [0.3, 0.4) is 0 Å². The summed E-state index contributed by atoms with van der Waals surface area (Å²) >= 11 is 0. The number of H-pyrrole nitrogens is 1. The molecule has 0 amide bonds. The van der Waals surface area contributed by atoms with Gasteiger partial charge in [-0.25, -0.2) is 0 Å². The molecule has 1 aromatic heterocycles. The van der Waals surface area contributed by atoms with Crippen LogP contribution < -0.4 is 10.1 Å². The number of hydrogen-bond acceptors (Lipinski definition) is 5. The summed E-state index contributed by atoms with van der Waals surface area (Å²) in [6, 6.07) is 7.97. The number of alkyl halides is 2. The van der Waals surface area contributed by atoms with Gasteiger partial charge in [-0.2, -0.15) is 13.8 Å². The zero-order valence-corrected chi connectivity index (χ0v) is 11.8. The highest BCUT2D eigenvalue weighted by atomic mass is 19.3. The van der Waals surface area contributed by atoms with E-state index in [0.29, 0.717) is 13.2 Å². The van der Waals surface area contributed by atoms with Crippen LogP contribution in [0.25, 0.3) is 0 Å². The molecule has 0 aliphatic carbocycles. The van der Waals surface area contributed by atoms with Gasteiger partial charge in [0.1, 0.15) is 5.75 Å². The van der Waals surface area contributed by atoms with Crippen molar-refractivity contribution in [1.82, 2.24) is 15.2 Å². The second-order valence-electron chi connectivity index (χ2n) is 4.97. The van der Waals surface area contributed by atoms with Crippen molar-refractivity contribution in [3.63, 3.8) is 0 Å². The molecular weight excluding hydrogens is 294 g/mol. The molecule has 1 aromatic carbocycles. The summed E-state index contributed by atoms with van der Waals surface area (Å²) in [5.74, 6) is -0.438. The molecule has 3 rings (SSSR count). The van der Waals surface area contributed by atoms with Crippen LogP contribution in [0.1, 0.15) is 18.7 Å². The van der Waals surface area contributed by atoms with E-state index in [2.05, 4.69) is 25.2 Å². The Bertz CT molecular complexity index is 600. The Morgan fingerprint density at radius 1 is 1.23 bits per heavy atom. The predicted molar refractivity (Wildman–Crippen MR) is 74.8 cm³/mol. The fraction of sp³-hybridized carbons (Fsp3) is 0.429. The lowest BCUT2D eigenvalue weighted by molar-refractivity contribution is -0.191. The van der Waals surface area contributed by atoms with Gasteiger partial charge in [0.15, 0.2) is 0 Å². The van der Waals surface area contributed by atoms with E-state index in [9.17, 15) is 8.78 Å². The van der Waals surface area contributed by atoms with Crippen molar-refractivity contribution < 1.29 is 18.3 Å². The van der Waals surface area contributed by atoms with Crippen LogP contribution >= 0.6 is 0 Å². The highest BCUT2D eigenvalue weighted by Gasteiger charge is 2.39. The maximum Gasteiger partial charge on any atom is 0.462 e. The minimum Gasteiger partial charge on any atom is -0.427 e. The number of hydrogen-bond donors (Lipinski definition) is 2. The van der Waals surface area contributed by atoms with Gasteiger partial charge in [-0.1, -0.05) is 18.2 Å². The minimum absolute atomic E-state index is 0.0582. The van der Waals surface area contributed by atoms with E-state index in [-0.39, 0.29) is 17.7 Å². The number of ether oxygens (including phenoxy) is 2. The van der Waals surface area contributed by atoms with Gasteiger partial charge in [-0.15, -0.1) is 5.10 Å². The summed E-state index contributed by atoms with van der Waals surface area (Å²) < 4.78 is 38.0. The van der Waals surface area contributed by atoms with E-state index >= 15 is 0 Å². The standard InChI is InChI=1S/C14H16F2N4O2/c15-14(16,22-11-4-2-1-3-5-11)12-18-13(20-19-12)17-10-6-8-21-9-7-10/h1-5,10H,6-9H2,(H2,17,18,19,20). The van der Waals surface area contributed by atoms with Gasteiger partial charge in [-0.3, -0.25) is 5.10 Å². The average Bonchev–Trinajstić information content (AvgIpc) is 2.98. The lowest BCUT2D eigenvalue weighted by atomic mass is 10.1. The first kappa shape index (κ1) is 14.7. The molecule has 118 valence electrons. The van der Waals surface area contributed by atoms with Crippen molar-refractivity contribution in [2.75, 3.05) is 18.5 Å². The SMILES string of the molecule is FC(F)(Oc1ccccc1)c1nc(NC2CCOCC2)n[nH]1. The number of para-hydroxylation sites is 1. The van der Waals surface area contributed by atoms with Crippen molar-refractivity contribution in [2.24, 2.45) is 0 Å². The number of aromatic nitrogens is 3. The van der Waals surface area contributed by atoms with E-state index in [0.717, 1.165) is 12.8 Å². The molecule has 8 heteroatoms. The molecule has 2 aromatic rings. The number of benzene rings is 1. The number of anilines is 1.